The molecule has 1 aromatic heterocycles. The summed E-state index contributed by atoms with van der Waals surface area (Å²) >= 11 is 0. The minimum absolute atomic E-state index is 0.0537. The number of hydrogen-bond donors (Lipinski definition) is 1. The highest BCUT2D eigenvalue weighted by Crippen LogP contribution is 2.29. The molecule has 0 saturated carbocycles. The minimum atomic E-state index is -4.82. The van der Waals surface area contributed by atoms with Gasteiger partial charge in [-0.2, -0.15) is 5.10 Å². The van der Waals surface area contributed by atoms with Crippen molar-refractivity contribution in [3.05, 3.63) is 42.7 Å². The second-order valence-electron chi connectivity index (χ2n) is 3.80. The first-order chi connectivity index (χ1) is 9.44. The Kier molecular flexibility index (Phi) is 3.92. The van der Waals surface area contributed by atoms with Crippen molar-refractivity contribution in [2.45, 2.75) is 12.9 Å². The third-order valence-electron chi connectivity index (χ3n) is 2.25. The van der Waals surface area contributed by atoms with Gasteiger partial charge in [0.1, 0.15) is 6.54 Å². The molecule has 106 valence electrons. The fourth-order valence-electron chi connectivity index (χ4n) is 1.51. The Hall–Kier alpha value is -2.51. The summed E-state index contributed by atoms with van der Waals surface area (Å²) < 4.78 is 41.8. The van der Waals surface area contributed by atoms with Crippen molar-refractivity contribution < 1.29 is 22.7 Å². The zero-order chi connectivity index (χ0) is 14.6. The molecule has 2 rings (SSSR count). The molecule has 0 aliphatic carbocycles. The quantitative estimate of drug-likeness (QED) is 0.938. The van der Waals surface area contributed by atoms with E-state index < -0.39 is 18.0 Å². The Balaban J connectivity index is 2.07. The second kappa shape index (κ2) is 5.64. The topological polar surface area (TPSA) is 56.2 Å². The van der Waals surface area contributed by atoms with Crippen LogP contribution in [0.25, 0.3) is 0 Å². The fourth-order valence-corrected chi connectivity index (χ4v) is 1.51. The highest BCUT2D eigenvalue weighted by Gasteiger charge is 2.32. The number of benzene rings is 1. The molecule has 5 nitrogen and oxygen atoms in total. The van der Waals surface area contributed by atoms with Crippen LogP contribution >= 0.6 is 0 Å². The predicted molar refractivity (Wildman–Crippen MR) is 64.0 cm³/mol. The maximum absolute atomic E-state index is 12.2. The largest absolute Gasteiger partial charge is 0.573 e. The molecule has 0 spiro atoms. The zero-order valence-corrected chi connectivity index (χ0v) is 10.1. The molecule has 1 aromatic carbocycles. The lowest BCUT2D eigenvalue weighted by Crippen LogP contribution is -2.22. The standard InChI is InChI=1S/C12H10F3N3O2/c13-12(14,15)20-10-5-2-1-4-9(10)17-11(19)8-18-7-3-6-16-18/h1-7H,8H2,(H,17,19). The smallest absolute Gasteiger partial charge is 0.404 e. The number of para-hydroxylation sites is 2. The number of hydrogen-bond acceptors (Lipinski definition) is 3. The number of rotatable bonds is 4. The number of alkyl halides is 3. The third kappa shape index (κ3) is 4.01. The van der Waals surface area contributed by atoms with E-state index in [4.69, 9.17) is 0 Å². The van der Waals surface area contributed by atoms with Crippen LogP contribution in [0.2, 0.25) is 0 Å². The van der Waals surface area contributed by atoms with Crippen molar-refractivity contribution in [2.75, 3.05) is 5.32 Å². The lowest BCUT2D eigenvalue weighted by molar-refractivity contribution is -0.274. The van der Waals surface area contributed by atoms with E-state index in [1.165, 1.54) is 29.1 Å². The molecular weight excluding hydrogens is 275 g/mol. The van der Waals surface area contributed by atoms with Crippen molar-refractivity contribution in [1.82, 2.24) is 9.78 Å². The molecule has 1 amide bonds. The zero-order valence-electron chi connectivity index (χ0n) is 10.1. The first kappa shape index (κ1) is 13.9. The molecule has 8 heteroatoms. The molecule has 0 aliphatic heterocycles. The lowest BCUT2D eigenvalue weighted by atomic mass is 10.3. The van der Waals surface area contributed by atoms with Crippen molar-refractivity contribution in [3.63, 3.8) is 0 Å². The first-order valence-electron chi connectivity index (χ1n) is 5.56. The molecule has 1 heterocycles. The van der Waals surface area contributed by atoms with Crippen LogP contribution in [-0.2, 0) is 11.3 Å². The minimum Gasteiger partial charge on any atom is -0.404 e. The van der Waals surface area contributed by atoms with Gasteiger partial charge in [-0.25, -0.2) is 0 Å². The number of carbonyl (C=O) groups excluding carboxylic acids is 1. The van der Waals surface area contributed by atoms with Crippen LogP contribution in [0.15, 0.2) is 42.7 Å². The van der Waals surface area contributed by atoms with Gasteiger partial charge in [0, 0.05) is 12.4 Å². The number of aromatic nitrogens is 2. The van der Waals surface area contributed by atoms with Gasteiger partial charge >= 0.3 is 6.36 Å². The molecule has 0 atom stereocenters. The summed E-state index contributed by atoms with van der Waals surface area (Å²) in [4.78, 5) is 11.7. The summed E-state index contributed by atoms with van der Waals surface area (Å²) in [5, 5.41) is 6.17. The Morgan fingerprint density at radius 1 is 1.30 bits per heavy atom. The number of ether oxygens (including phenoxy) is 1. The molecule has 0 radical (unpaired) electrons. The SMILES string of the molecule is O=C(Cn1cccn1)Nc1ccccc1OC(F)(F)F. The molecule has 0 aliphatic rings. The summed E-state index contributed by atoms with van der Waals surface area (Å²) in [5.74, 6) is -0.972. The van der Waals surface area contributed by atoms with E-state index in [0.717, 1.165) is 6.07 Å². The average Bonchev–Trinajstić information content (AvgIpc) is 2.82. The van der Waals surface area contributed by atoms with E-state index in [-0.39, 0.29) is 12.2 Å². The summed E-state index contributed by atoms with van der Waals surface area (Å²) in [6, 6.07) is 6.95. The maximum atomic E-state index is 12.2. The van der Waals surface area contributed by atoms with Crippen molar-refractivity contribution in [2.24, 2.45) is 0 Å². The van der Waals surface area contributed by atoms with Gasteiger partial charge in [0.15, 0.2) is 5.75 Å². The number of nitrogens with zero attached hydrogens (tertiary/aromatic N) is 2. The molecule has 1 N–H and O–H groups in total. The molecular formula is C12H10F3N3O2. The number of halogens is 3. The van der Waals surface area contributed by atoms with Gasteiger partial charge in [-0.15, -0.1) is 13.2 Å². The van der Waals surface area contributed by atoms with Crippen LogP contribution < -0.4 is 10.1 Å². The molecule has 20 heavy (non-hydrogen) atoms. The molecule has 2 aromatic rings. The number of carbonyl (C=O) groups is 1. The van der Waals surface area contributed by atoms with Gasteiger partial charge in [0.05, 0.1) is 5.69 Å². The third-order valence-corrected chi connectivity index (χ3v) is 2.25. The van der Waals surface area contributed by atoms with Crippen LogP contribution in [-0.4, -0.2) is 22.1 Å². The highest BCUT2D eigenvalue weighted by atomic mass is 19.4. The number of amides is 1. The molecule has 0 unspecified atom stereocenters. The van der Waals surface area contributed by atoms with Gasteiger partial charge in [-0.3, -0.25) is 9.48 Å². The molecule has 0 bridgehead atoms. The highest BCUT2D eigenvalue weighted by molar-refractivity contribution is 5.92. The number of anilines is 1. The summed E-state index contributed by atoms with van der Waals surface area (Å²) in [6.07, 6.45) is -1.76. The van der Waals surface area contributed by atoms with E-state index in [2.05, 4.69) is 15.2 Å². The van der Waals surface area contributed by atoms with Gasteiger partial charge < -0.3 is 10.1 Å². The van der Waals surface area contributed by atoms with Gasteiger partial charge in [0.25, 0.3) is 0 Å². The van der Waals surface area contributed by atoms with E-state index in [9.17, 15) is 18.0 Å². The van der Waals surface area contributed by atoms with Gasteiger partial charge in [-0.05, 0) is 18.2 Å². The van der Waals surface area contributed by atoms with E-state index in [1.807, 2.05) is 0 Å². The second-order valence-corrected chi connectivity index (χ2v) is 3.80. The predicted octanol–water partition coefficient (Wildman–Crippen LogP) is 2.42. The van der Waals surface area contributed by atoms with Crippen molar-refractivity contribution in [3.8, 4) is 5.75 Å². The van der Waals surface area contributed by atoms with Crippen molar-refractivity contribution in [1.29, 1.82) is 0 Å². The fraction of sp³-hybridized carbons (Fsp3) is 0.167. The van der Waals surface area contributed by atoms with Crippen LogP contribution in [0.1, 0.15) is 0 Å². The van der Waals surface area contributed by atoms with Crippen LogP contribution in [0.5, 0.6) is 5.75 Å². The maximum Gasteiger partial charge on any atom is 0.573 e. The van der Waals surface area contributed by atoms with Crippen LogP contribution in [0, 0.1) is 0 Å². The van der Waals surface area contributed by atoms with Crippen LogP contribution in [0.4, 0.5) is 18.9 Å². The Morgan fingerprint density at radius 3 is 2.70 bits per heavy atom. The summed E-state index contributed by atoms with van der Waals surface area (Å²) in [7, 11) is 0. The monoisotopic (exact) mass is 285 g/mol. The van der Waals surface area contributed by atoms with Gasteiger partial charge in [0.2, 0.25) is 5.91 Å². The Labute approximate surface area is 112 Å². The molecule has 0 saturated heterocycles. The van der Waals surface area contributed by atoms with Crippen LogP contribution in [0.3, 0.4) is 0 Å². The Morgan fingerprint density at radius 2 is 2.05 bits per heavy atom. The van der Waals surface area contributed by atoms with E-state index in [1.54, 1.807) is 12.3 Å². The number of nitrogens with one attached hydrogen (secondary N) is 1. The normalized spacial score (nSPS) is 11.2. The first-order valence-corrected chi connectivity index (χ1v) is 5.56. The van der Waals surface area contributed by atoms with E-state index >= 15 is 0 Å². The van der Waals surface area contributed by atoms with Crippen molar-refractivity contribution >= 4 is 11.6 Å². The lowest BCUT2D eigenvalue weighted by Gasteiger charge is -2.13. The summed E-state index contributed by atoms with van der Waals surface area (Å²) in [6.45, 7) is -0.104. The van der Waals surface area contributed by atoms with E-state index in [0.29, 0.717) is 0 Å². The molecule has 0 fully saturated rings. The average molecular weight is 285 g/mol. The van der Waals surface area contributed by atoms with Gasteiger partial charge in [-0.1, -0.05) is 12.1 Å². The summed E-state index contributed by atoms with van der Waals surface area (Å²) in [5.41, 5.74) is -0.0537. The Bertz CT molecular complexity index is 582.